The third-order valence-electron chi connectivity index (χ3n) is 3.38. The van der Waals surface area contributed by atoms with Gasteiger partial charge in [-0.15, -0.1) is 0 Å². The second kappa shape index (κ2) is 7.73. The highest BCUT2D eigenvalue weighted by Gasteiger charge is 2.15. The van der Waals surface area contributed by atoms with Crippen LogP contribution in [-0.4, -0.2) is 17.2 Å². The molecule has 0 spiro atoms. The summed E-state index contributed by atoms with van der Waals surface area (Å²) in [5, 5.41) is 14.2. The molecule has 0 fully saturated rings. The Labute approximate surface area is 172 Å². The fourth-order valence-electron chi connectivity index (χ4n) is 2.17. The highest BCUT2D eigenvalue weighted by atomic mass is 79.9. The third kappa shape index (κ3) is 3.89. The molecular formula is C17H9Br3N2O4. The van der Waals surface area contributed by atoms with Gasteiger partial charge in [0.05, 0.1) is 15.2 Å². The molecule has 26 heavy (non-hydrogen) atoms. The van der Waals surface area contributed by atoms with Crippen LogP contribution in [0.5, 0.6) is 5.75 Å². The van der Waals surface area contributed by atoms with E-state index in [1.165, 1.54) is 12.3 Å². The minimum absolute atomic E-state index is 0.00887. The molecule has 0 atom stereocenters. The van der Waals surface area contributed by atoms with E-state index in [1.54, 1.807) is 30.3 Å². The largest absolute Gasteiger partial charge is 0.506 e. The van der Waals surface area contributed by atoms with Crippen molar-refractivity contribution in [1.82, 2.24) is 5.43 Å². The number of nitrogens with one attached hydrogen (secondary N) is 1. The summed E-state index contributed by atoms with van der Waals surface area (Å²) in [6.07, 6.45) is 1.27. The van der Waals surface area contributed by atoms with E-state index < -0.39 is 11.5 Å². The van der Waals surface area contributed by atoms with Gasteiger partial charge in [-0.3, -0.25) is 4.79 Å². The number of nitrogens with zero attached hydrogens (tertiary/aromatic N) is 1. The maximum absolute atomic E-state index is 12.2. The number of rotatable bonds is 3. The van der Waals surface area contributed by atoms with Crippen LogP contribution in [0, 0.1) is 0 Å². The fourth-order valence-corrected chi connectivity index (χ4v) is 3.89. The van der Waals surface area contributed by atoms with Crippen molar-refractivity contribution >= 4 is 70.9 Å². The number of para-hydroxylation sites is 1. The normalized spacial score (nSPS) is 11.2. The highest BCUT2D eigenvalue weighted by Crippen LogP contribution is 2.28. The van der Waals surface area contributed by atoms with E-state index in [4.69, 9.17) is 4.42 Å². The maximum Gasteiger partial charge on any atom is 0.349 e. The molecule has 3 rings (SSSR count). The summed E-state index contributed by atoms with van der Waals surface area (Å²) in [4.78, 5) is 24.3. The van der Waals surface area contributed by atoms with Crippen LogP contribution < -0.4 is 11.1 Å². The second-order valence-corrected chi connectivity index (χ2v) is 7.75. The van der Waals surface area contributed by atoms with Crippen molar-refractivity contribution in [2.24, 2.45) is 5.10 Å². The van der Waals surface area contributed by atoms with E-state index in [0.717, 1.165) is 4.47 Å². The first-order chi connectivity index (χ1) is 12.4. The lowest BCUT2D eigenvalue weighted by Gasteiger charge is -2.04. The van der Waals surface area contributed by atoms with Crippen molar-refractivity contribution in [2.45, 2.75) is 0 Å². The van der Waals surface area contributed by atoms with Crippen LogP contribution in [0.4, 0.5) is 0 Å². The molecule has 132 valence electrons. The molecule has 0 aliphatic rings. The van der Waals surface area contributed by atoms with Crippen LogP contribution in [0.3, 0.4) is 0 Å². The Kier molecular flexibility index (Phi) is 5.59. The molecule has 0 aliphatic carbocycles. The van der Waals surface area contributed by atoms with Gasteiger partial charge in [0.15, 0.2) is 5.58 Å². The first-order valence-corrected chi connectivity index (χ1v) is 9.48. The average molecular weight is 545 g/mol. The van der Waals surface area contributed by atoms with Crippen LogP contribution >= 0.6 is 47.8 Å². The van der Waals surface area contributed by atoms with E-state index in [2.05, 4.69) is 58.3 Å². The van der Waals surface area contributed by atoms with E-state index >= 15 is 0 Å². The number of phenolic OH excluding ortho intramolecular Hbond substituents is 1. The van der Waals surface area contributed by atoms with Gasteiger partial charge in [0.2, 0.25) is 0 Å². The molecule has 0 saturated heterocycles. The van der Waals surface area contributed by atoms with Gasteiger partial charge < -0.3 is 9.52 Å². The smallest absolute Gasteiger partial charge is 0.349 e. The van der Waals surface area contributed by atoms with Gasteiger partial charge in [-0.05, 0) is 62.2 Å². The maximum atomic E-state index is 12.2. The lowest BCUT2D eigenvalue weighted by atomic mass is 10.2. The monoisotopic (exact) mass is 542 g/mol. The lowest BCUT2D eigenvalue weighted by molar-refractivity contribution is 0.0951. The van der Waals surface area contributed by atoms with Crippen molar-refractivity contribution in [1.29, 1.82) is 0 Å². The Morgan fingerprint density at radius 2 is 1.92 bits per heavy atom. The predicted molar refractivity (Wildman–Crippen MR) is 109 cm³/mol. The molecule has 2 aromatic carbocycles. The van der Waals surface area contributed by atoms with Crippen molar-refractivity contribution in [3.63, 3.8) is 0 Å². The van der Waals surface area contributed by atoms with E-state index in [1.807, 2.05) is 0 Å². The molecule has 0 unspecified atom stereocenters. The SMILES string of the molecule is O=C(N/N=C/c1cccc(Br)c1O)c1cc2cc(Br)cc(Br)c2oc1=O. The van der Waals surface area contributed by atoms with Crippen molar-refractivity contribution in [3.05, 3.63) is 71.4 Å². The number of hydrazone groups is 1. The lowest BCUT2D eigenvalue weighted by Crippen LogP contribution is -2.24. The molecular weight excluding hydrogens is 536 g/mol. The van der Waals surface area contributed by atoms with Gasteiger partial charge in [-0.2, -0.15) is 5.10 Å². The summed E-state index contributed by atoms with van der Waals surface area (Å²) in [6.45, 7) is 0. The van der Waals surface area contributed by atoms with Crippen LogP contribution in [0.2, 0.25) is 0 Å². The zero-order valence-electron chi connectivity index (χ0n) is 12.8. The Hall–Kier alpha value is -1.97. The number of carbonyl (C=O) groups is 1. The molecule has 1 aromatic heterocycles. The predicted octanol–water partition coefficient (Wildman–Crippen LogP) is 4.55. The number of benzene rings is 2. The van der Waals surface area contributed by atoms with Crippen molar-refractivity contribution in [2.75, 3.05) is 0 Å². The van der Waals surface area contributed by atoms with E-state index in [9.17, 15) is 14.7 Å². The number of fused-ring (bicyclic) bond motifs is 1. The third-order valence-corrected chi connectivity index (χ3v) is 5.07. The molecule has 0 radical (unpaired) electrons. The number of hydrogen-bond donors (Lipinski definition) is 2. The highest BCUT2D eigenvalue weighted by molar-refractivity contribution is 9.11. The Morgan fingerprint density at radius 3 is 2.69 bits per heavy atom. The van der Waals surface area contributed by atoms with Gasteiger partial charge in [-0.25, -0.2) is 10.2 Å². The molecule has 9 heteroatoms. The van der Waals surface area contributed by atoms with Crippen molar-refractivity contribution in [3.8, 4) is 5.75 Å². The second-order valence-electron chi connectivity index (χ2n) is 5.13. The number of phenols is 1. The quantitative estimate of drug-likeness (QED) is 0.287. The Balaban J connectivity index is 1.88. The van der Waals surface area contributed by atoms with Crippen LogP contribution in [0.25, 0.3) is 11.0 Å². The summed E-state index contributed by atoms with van der Waals surface area (Å²) < 4.78 is 7.07. The Bertz CT molecular complexity index is 1110. The van der Waals surface area contributed by atoms with E-state index in [-0.39, 0.29) is 11.3 Å². The summed E-state index contributed by atoms with van der Waals surface area (Å²) in [5.41, 5.74) is 2.03. The summed E-state index contributed by atoms with van der Waals surface area (Å²) in [7, 11) is 0. The molecule has 1 heterocycles. The van der Waals surface area contributed by atoms with Gasteiger partial charge >= 0.3 is 5.63 Å². The van der Waals surface area contributed by atoms with E-state index in [0.29, 0.717) is 25.5 Å². The van der Waals surface area contributed by atoms with Crippen molar-refractivity contribution < 1.29 is 14.3 Å². The zero-order chi connectivity index (χ0) is 18.8. The standard InChI is InChI=1S/C17H9Br3N2O4/c18-10-4-9-5-11(17(25)26-15(9)13(20)6-10)16(24)22-21-7-8-2-1-3-12(19)14(8)23/h1-7,23H,(H,22,24)/b21-7+. The summed E-state index contributed by atoms with van der Waals surface area (Å²) in [6, 6.07) is 9.89. The van der Waals surface area contributed by atoms with Gasteiger partial charge in [0, 0.05) is 15.4 Å². The zero-order valence-corrected chi connectivity index (χ0v) is 17.6. The van der Waals surface area contributed by atoms with Gasteiger partial charge in [0.25, 0.3) is 5.91 Å². The van der Waals surface area contributed by atoms with Gasteiger partial charge in [0.1, 0.15) is 11.3 Å². The molecule has 0 bridgehead atoms. The molecule has 3 aromatic rings. The number of halogens is 3. The average Bonchev–Trinajstić information content (AvgIpc) is 2.58. The minimum Gasteiger partial charge on any atom is -0.506 e. The molecule has 0 saturated carbocycles. The van der Waals surface area contributed by atoms with Crippen LogP contribution in [-0.2, 0) is 0 Å². The first-order valence-electron chi connectivity index (χ1n) is 7.10. The van der Waals surface area contributed by atoms with Crippen LogP contribution in [0.1, 0.15) is 15.9 Å². The molecule has 6 nitrogen and oxygen atoms in total. The topological polar surface area (TPSA) is 91.9 Å². The minimum atomic E-state index is -0.779. The molecule has 0 aliphatic heterocycles. The number of amides is 1. The fraction of sp³-hybridized carbons (Fsp3) is 0. The number of hydrogen-bond acceptors (Lipinski definition) is 5. The Morgan fingerprint density at radius 1 is 1.15 bits per heavy atom. The summed E-state index contributed by atoms with van der Waals surface area (Å²) in [5.74, 6) is -0.729. The number of aromatic hydroxyl groups is 1. The molecule has 2 N–H and O–H groups in total. The summed E-state index contributed by atoms with van der Waals surface area (Å²) >= 11 is 9.84. The van der Waals surface area contributed by atoms with Gasteiger partial charge in [-0.1, -0.05) is 22.0 Å². The first kappa shape index (κ1) is 18.8. The number of carbonyl (C=O) groups excluding carboxylic acids is 1. The van der Waals surface area contributed by atoms with Crippen LogP contribution in [0.15, 0.2) is 64.1 Å². The molecule has 1 amide bonds.